The number of hydrogen-bond acceptors (Lipinski definition) is 5. The topological polar surface area (TPSA) is 61.0 Å². The summed E-state index contributed by atoms with van der Waals surface area (Å²) in [5.74, 6) is 2.07. The third-order valence-corrected chi connectivity index (χ3v) is 2.15. The quantitative estimate of drug-likeness (QED) is 0.792. The zero-order valence-electron chi connectivity index (χ0n) is 9.47. The Kier molecular flexibility index (Phi) is 2.85. The zero-order valence-corrected chi connectivity index (χ0v) is 9.47. The number of rotatable bonds is 3. The van der Waals surface area contributed by atoms with Gasteiger partial charge in [-0.3, -0.25) is 0 Å². The maximum absolute atomic E-state index is 5.12. The summed E-state index contributed by atoms with van der Waals surface area (Å²) in [4.78, 5) is 8.43. The lowest BCUT2D eigenvalue weighted by Gasteiger charge is -1.98. The van der Waals surface area contributed by atoms with Crippen LogP contribution in [-0.2, 0) is 0 Å². The van der Waals surface area contributed by atoms with Crippen molar-refractivity contribution in [3.63, 3.8) is 0 Å². The van der Waals surface area contributed by atoms with E-state index in [1.54, 1.807) is 19.4 Å². The molecule has 0 aromatic carbocycles. The summed E-state index contributed by atoms with van der Waals surface area (Å²) >= 11 is 0. The van der Waals surface area contributed by atoms with Gasteiger partial charge < -0.3 is 9.26 Å². The Hall–Kier alpha value is -1.91. The smallest absolute Gasteiger partial charge is 0.276 e. The fourth-order valence-electron chi connectivity index (χ4n) is 1.20. The summed E-state index contributed by atoms with van der Waals surface area (Å²) < 4.78 is 10.1. The van der Waals surface area contributed by atoms with Gasteiger partial charge in [0.1, 0.15) is 11.4 Å². The standard InChI is InChI=1S/C11H13N3O2/c1-7(2)10-13-11(16-14-10)9-5-4-8(15-3)6-12-9/h4-7H,1-3H3. The third kappa shape index (κ3) is 2.03. The van der Waals surface area contributed by atoms with Crippen molar-refractivity contribution in [3.05, 3.63) is 24.2 Å². The highest BCUT2D eigenvalue weighted by atomic mass is 16.5. The van der Waals surface area contributed by atoms with Crippen LogP contribution < -0.4 is 4.74 Å². The van der Waals surface area contributed by atoms with Gasteiger partial charge in [-0.15, -0.1) is 0 Å². The fourth-order valence-corrected chi connectivity index (χ4v) is 1.20. The second-order valence-electron chi connectivity index (χ2n) is 3.70. The van der Waals surface area contributed by atoms with Crippen LogP contribution in [0, 0.1) is 0 Å². The fraction of sp³-hybridized carbons (Fsp3) is 0.364. The Morgan fingerprint density at radius 2 is 2.12 bits per heavy atom. The van der Waals surface area contributed by atoms with Crippen LogP contribution in [0.1, 0.15) is 25.6 Å². The van der Waals surface area contributed by atoms with E-state index in [0.717, 1.165) is 0 Å². The molecular weight excluding hydrogens is 206 g/mol. The summed E-state index contributed by atoms with van der Waals surface area (Å²) in [6, 6.07) is 3.60. The monoisotopic (exact) mass is 219 g/mol. The lowest BCUT2D eigenvalue weighted by atomic mass is 10.2. The molecule has 16 heavy (non-hydrogen) atoms. The normalized spacial score (nSPS) is 10.8. The molecule has 0 aliphatic heterocycles. The molecule has 0 fully saturated rings. The SMILES string of the molecule is COc1ccc(-c2nc(C(C)C)no2)nc1. The second kappa shape index (κ2) is 4.30. The minimum atomic E-state index is 0.246. The Bertz CT molecular complexity index is 462. The van der Waals surface area contributed by atoms with Gasteiger partial charge in [-0.05, 0) is 12.1 Å². The molecule has 2 rings (SSSR count). The van der Waals surface area contributed by atoms with Crippen molar-refractivity contribution in [2.45, 2.75) is 19.8 Å². The lowest BCUT2D eigenvalue weighted by Crippen LogP contribution is -1.90. The van der Waals surface area contributed by atoms with E-state index in [1.807, 2.05) is 19.9 Å². The molecule has 0 unspecified atom stereocenters. The average Bonchev–Trinajstić information content (AvgIpc) is 2.78. The maximum Gasteiger partial charge on any atom is 0.276 e. The first-order chi connectivity index (χ1) is 7.70. The van der Waals surface area contributed by atoms with Gasteiger partial charge in [-0.1, -0.05) is 19.0 Å². The van der Waals surface area contributed by atoms with Crippen molar-refractivity contribution >= 4 is 0 Å². The molecule has 2 aromatic heterocycles. The predicted molar refractivity (Wildman–Crippen MR) is 58.2 cm³/mol. The van der Waals surface area contributed by atoms with Crippen molar-refractivity contribution in [1.29, 1.82) is 0 Å². The first-order valence-corrected chi connectivity index (χ1v) is 5.04. The van der Waals surface area contributed by atoms with E-state index in [0.29, 0.717) is 23.2 Å². The number of nitrogens with zero attached hydrogens (tertiary/aromatic N) is 3. The molecule has 2 heterocycles. The molecule has 0 amide bonds. The van der Waals surface area contributed by atoms with E-state index in [9.17, 15) is 0 Å². The predicted octanol–water partition coefficient (Wildman–Crippen LogP) is 2.26. The number of aromatic nitrogens is 3. The van der Waals surface area contributed by atoms with Crippen molar-refractivity contribution < 1.29 is 9.26 Å². The summed E-state index contributed by atoms with van der Waals surface area (Å²) in [7, 11) is 1.60. The van der Waals surface area contributed by atoms with E-state index in [-0.39, 0.29) is 5.92 Å². The first kappa shape index (κ1) is 10.6. The average molecular weight is 219 g/mol. The Morgan fingerprint density at radius 3 is 2.62 bits per heavy atom. The van der Waals surface area contributed by atoms with E-state index in [1.165, 1.54) is 0 Å². The minimum Gasteiger partial charge on any atom is -0.495 e. The summed E-state index contributed by atoms with van der Waals surface area (Å²) in [5.41, 5.74) is 0.653. The molecule has 5 nitrogen and oxygen atoms in total. The number of hydrogen-bond donors (Lipinski definition) is 0. The van der Waals surface area contributed by atoms with Gasteiger partial charge >= 0.3 is 0 Å². The van der Waals surface area contributed by atoms with Crippen LogP contribution in [0.25, 0.3) is 11.6 Å². The molecule has 0 saturated heterocycles. The molecule has 0 radical (unpaired) electrons. The minimum absolute atomic E-state index is 0.246. The van der Waals surface area contributed by atoms with Gasteiger partial charge in [-0.2, -0.15) is 4.98 Å². The Labute approximate surface area is 93.5 Å². The van der Waals surface area contributed by atoms with E-state index >= 15 is 0 Å². The number of methoxy groups -OCH3 is 1. The summed E-state index contributed by atoms with van der Waals surface area (Å²) in [6.45, 7) is 4.02. The Morgan fingerprint density at radius 1 is 1.31 bits per heavy atom. The largest absolute Gasteiger partial charge is 0.495 e. The highest BCUT2D eigenvalue weighted by molar-refractivity contribution is 5.47. The van der Waals surface area contributed by atoms with Crippen LogP contribution in [-0.4, -0.2) is 22.2 Å². The molecule has 0 atom stereocenters. The molecule has 0 aliphatic rings. The van der Waals surface area contributed by atoms with E-state index in [2.05, 4.69) is 15.1 Å². The van der Waals surface area contributed by atoms with Gasteiger partial charge in [0, 0.05) is 5.92 Å². The van der Waals surface area contributed by atoms with Crippen LogP contribution in [0.5, 0.6) is 5.75 Å². The van der Waals surface area contributed by atoms with Crippen molar-refractivity contribution in [1.82, 2.24) is 15.1 Å². The van der Waals surface area contributed by atoms with Gasteiger partial charge in [0.15, 0.2) is 5.82 Å². The molecule has 84 valence electrons. The number of pyridine rings is 1. The lowest BCUT2D eigenvalue weighted by molar-refractivity contribution is 0.410. The van der Waals surface area contributed by atoms with Crippen molar-refractivity contribution in [3.8, 4) is 17.3 Å². The molecule has 0 bridgehead atoms. The molecule has 5 heteroatoms. The molecule has 0 aliphatic carbocycles. The van der Waals surface area contributed by atoms with Crippen LogP contribution in [0.2, 0.25) is 0 Å². The maximum atomic E-state index is 5.12. The summed E-state index contributed by atoms with van der Waals surface area (Å²) in [5, 5.41) is 3.88. The van der Waals surface area contributed by atoms with E-state index < -0.39 is 0 Å². The summed E-state index contributed by atoms with van der Waals surface area (Å²) in [6.07, 6.45) is 1.62. The van der Waals surface area contributed by atoms with E-state index in [4.69, 9.17) is 9.26 Å². The molecule has 0 spiro atoms. The molecule has 2 aromatic rings. The highest BCUT2D eigenvalue weighted by Gasteiger charge is 2.12. The van der Waals surface area contributed by atoms with Crippen LogP contribution in [0.4, 0.5) is 0 Å². The van der Waals surface area contributed by atoms with Crippen LogP contribution in [0.3, 0.4) is 0 Å². The first-order valence-electron chi connectivity index (χ1n) is 5.04. The van der Waals surface area contributed by atoms with Gasteiger partial charge in [0.05, 0.1) is 13.3 Å². The molecule has 0 N–H and O–H groups in total. The van der Waals surface area contributed by atoms with Crippen molar-refractivity contribution in [2.75, 3.05) is 7.11 Å². The Balaban J connectivity index is 2.28. The van der Waals surface area contributed by atoms with Gasteiger partial charge in [0.2, 0.25) is 0 Å². The second-order valence-corrected chi connectivity index (χ2v) is 3.70. The third-order valence-electron chi connectivity index (χ3n) is 2.15. The highest BCUT2D eigenvalue weighted by Crippen LogP contribution is 2.19. The van der Waals surface area contributed by atoms with Gasteiger partial charge in [0.25, 0.3) is 5.89 Å². The van der Waals surface area contributed by atoms with Crippen LogP contribution in [0.15, 0.2) is 22.9 Å². The molecule has 0 saturated carbocycles. The number of ether oxygens (including phenoxy) is 1. The molecular formula is C11H13N3O2. The van der Waals surface area contributed by atoms with Crippen molar-refractivity contribution in [2.24, 2.45) is 0 Å². The van der Waals surface area contributed by atoms with Gasteiger partial charge in [-0.25, -0.2) is 4.98 Å². The zero-order chi connectivity index (χ0) is 11.5. The van der Waals surface area contributed by atoms with Crippen LogP contribution >= 0.6 is 0 Å².